The zero-order chi connectivity index (χ0) is 22.1. The first kappa shape index (κ1) is 20.2. The Kier molecular flexibility index (Phi) is 5.31. The molecule has 162 valence electrons. The number of piperazine rings is 1. The molecule has 0 radical (unpaired) electrons. The molecule has 1 fully saturated rings. The zero-order valence-corrected chi connectivity index (χ0v) is 18.0. The Morgan fingerprint density at radius 3 is 2.41 bits per heavy atom. The fourth-order valence-electron chi connectivity index (χ4n) is 4.47. The van der Waals surface area contributed by atoms with E-state index < -0.39 is 6.04 Å². The fourth-order valence-corrected chi connectivity index (χ4v) is 4.47. The quantitative estimate of drug-likeness (QED) is 0.639. The van der Waals surface area contributed by atoms with Gasteiger partial charge < -0.3 is 9.80 Å². The summed E-state index contributed by atoms with van der Waals surface area (Å²) in [4.78, 5) is 41.2. The molecule has 2 aliphatic heterocycles. The third kappa shape index (κ3) is 3.70. The van der Waals surface area contributed by atoms with Crippen LogP contribution >= 0.6 is 0 Å². The van der Waals surface area contributed by atoms with Crippen molar-refractivity contribution in [2.45, 2.75) is 19.4 Å². The van der Waals surface area contributed by atoms with Gasteiger partial charge in [0.05, 0.1) is 23.7 Å². The highest BCUT2D eigenvalue weighted by Crippen LogP contribution is 2.38. The van der Waals surface area contributed by atoms with Gasteiger partial charge in [-0.05, 0) is 43.3 Å². The number of hydrogen-bond donors (Lipinski definition) is 0. The van der Waals surface area contributed by atoms with Crippen molar-refractivity contribution in [2.24, 2.45) is 0 Å². The molecule has 0 spiro atoms. The van der Waals surface area contributed by atoms with Crippen LogP contribution in [0.4, 0.5) is 11.5 Å². The Hall–Kier alpha value is -3.74. The van der Waals surface area contributed by atoms with E-state index in [1.165, 1.54) is 0 Å². The van der Waals surface area contributed by atoms with Gasteiger partial charge in [0.1, 0.15) is 5.82 Å². The average molecular weight is 428 g/mol. The van der Waals surface area contributed by atoms with Gasteiger partial charge in [0.25, 0.3) is 5.91 Å². The number of nitrogens with zero attached hydrogens (tertiary/aromatic N) is 5. The summed E-state index contributed by atoms with van der Waals surface area (Å²) in [6.07, 6.45) is 3.69. The van der Waals surface area contributed by atoms with Crippen LogP contribution in [0.2, 0.25) is 0 Å². The van der Waals surface area contributed by atoms with E-state index in [9.17, 15) is 9.59 Å². The Morgan fingerprint density at radius 1 is 0.938 bits per heavy atom. The molecule has 0 aliphatic carbocycles. The third-order valence-electron chi connectivity index (χ3n) is 6.20. The monoisotopic (exact) mass is 427 g/mol. The van der Waals surface area contributed by atoms with Crippen LogP contribution in [-0.2, 0) is 4.79 Å². The highest BCUT2D eigenvalue weighted by molar-refractivity contribution is 6.11. The smallest absolute Gasteiger partial charge is 0.260 e. The van der Waals surface area contributed by atoms with Crippen molar-refractivity contribution in [3.05, 3.63) is 83.8 Å². The van der Waals surface area contributed by atoms with E-state index in [1.807, 2.05) is 54.3 Å². The number of hydrogen-bond acceptors (Lipinski definition) is 5. The topological polar surface area (TPSA) is 69.6 Å². The number of benzene rings is 1. The van der Waals surface area contributed by atoms with Crippen molar-refractivity contribution in [1.29, 1.82) is 0 Å². The lowest BCUT2D eigenvalue weighted by atomic mass is 10.1. The molecule has 1 atom stereocenters. The van der Waals surface area contributed by atoms with Crippen LogP contribution < -0.4 is 9.80 Å². The molecule has 2 aliphatic rings. The fraction of sp³-hybridized carbons (Fsp3) is 0.280. The van der Waals surface area contributed by atoms with Crippen LogP contribution in [0.15, 0.2) is 67.0 Å². The summed E-state index contributed by atoms with van der Waals surface area (Å²) in [5, 5.41) is 0. The number of anilines is 2. The van der Waals surface area contributed by atoms with Gasteiger partial charge in [-0.3, -0.25) is 19.5 Å². The van der Waals surface area contributed by atoms with Crippen molar-refractivity contribution >= 4 is 23.3 Å². The summed E-state index contributed by atoms with van der Waals surface area (Å²) in [7, 11) is 0. The lowest BCUT2D eigenvalue weighted by molar-refractivity contribution is -0.131. The number of aryl methyl sites for hydroxylation is 1. The second-order valence-corrected chi connectivity index (χ2v) is 8.22. The number of aromatic nitrogens is 2. The van der Waals surface area contributed by atoms with Gasteiger partial charge in [-0.25, -0.2) is 4.98 Å². The first-order chi connectivity index (χ1) is 15.6. The molecule has 1 saturated heterocycles. The summed E-state index contributed by atoms with van der Waals surface area (Å²) in [6, 6.07) is 16.9. The maximum absolute atomic E-state index is 13.3. The standard InChI is InChI=1S/C25H25N5O2/c1-18-7-9-19(10-8-18)30-21(24-20(25(30)32)5-4-12-27-24)17-23(31)29-15-13-28(14-16-29)22-6-2-3-11-26-22/h2-12,21H,13-17H2,1H3/t21-/m1/s1. The van der Waals surface area contributed by atoms with E-state index in [-0.39, 0.29) is 18.2 Å². The van der Waals surface area contributed by atoms with Crippen LogP contribution in [0, 0.1) is 6.92 Å². The van der Waals surface area contributed by atoms with Crippen LogP contribution in [0.1, 0.15) is 34.1 Å². The molecule has 2 amide bonds. The SMILES string of the molecule is Cc1ccc(N2C(=O)c3cccnc3[C@H]2CC(=O)N2CCN(c3ccccn3)CC2)cc1. The van der Waals surface area contributed by atoms with Gasteiger partial charge >= 0.3 is 0 Å². The normalized spacial score (nSPS) is 18.1. The number of carbonyl (C=O) groups excluding carboxylic acids is 2. The number of pyridine rings is 2. The lowest BCUT2D eigenvalue weighted by Gasteiger charge is -2.36. The average Bonchev–Trinajstić information content (AvgIpc) is 3.12. The number of carbonyl (C=O) groups is 2. The highest BCUT2D eigenvalue weighted by atomic mass is 16.2. The molecule has 2 aromatic heterocycles. The minimum absolute atomic E-state index is 0.0408. The van der Waals surface area contributed by atoms with Crippen molar-refractivity contribution in [3.63, 3.8) is 0 Å². The van der Waals surface area contributed by atoms with Gasteiger partial charge in [0.2, 0.25) is 5.91 Å². The molecule has 1 aromatic carbocycles. The first-order valence-corrected chi connectivity index (χ1v) is 10.9. The van der Waals surface area contributed by atoms with Gasteiger partial charge in [-0.1, -0.05) is 23.8 Å². The first-order valence-electron chi connectivity index (χ1n) is 10.9. The summed E-state index contributed by atoms with van der Waals surface area (Å²) < 4.78 is 0. The molecule has 3 aromatic rings. The zero-order valence-electron chi connectivity index (χ0n) is 18.0. The maximum Gasteiger partial charge on any atom is 0.260 e. The van der Waals surface area contributed by atoms with Crippen molar-refractivity contribution in [3.8, 4) is 0 Å². The Morgan fingerprint density at radius 2 is 1.69 bits per heavy atom. The minimum atomic E-state index is -0.400. The highest BCUT2D eigenvalue weighted by Gasteiger charge is 2.40. The van der Waals surface area contributed by atoms with Crippen LogP contribution in [-0.4, -0.2) is 52.9 Å². The van der Waals surface area contributed by atoms with E-state index in [1.54, 1.807) is 29.4 Å². The number of amides is 2. The van der Waals surface area contributed by atoms with E-state index in [0.29, 0.717) is 24.3 Å². The van der Waals surface area contributed by atoms with Crippen LogP contribution in [0.5, 0.6) is 0 Å². The maximum atomic E-state index is 13.3. The minimum Gasteiger partial charge on any atom is -0.353 e. The molecular formula is C25H25N5O2. The molecule has 7 nitrogen and oxygen atoms in total. The predicted molar refractivity (Wildman–Crippen MR) is 123 cm³/mol. The molecule has 5 rings (SSSR count). The summed E-state index contributed by atoms with van der Waals surface area (Å²) in [5.41, 5.74) is 3.16. The van der Waals surface area contributed by atoms with E-state index in [0.717, 1.165) is 30.2 Å². The van der Waals surface area contributed by atoms with Gasteiger partial charge in [0, 0.05) is 44.3 Å². The Bertz CT molecular complexity index is 1120. The van der Waals surface area contributed by atoms with Crippen molar-refractivity contribution in [1.82, 2.24) is 14.9 Å². The second-order valence-electron chi connectivity index (χ2n) is 8.22. The Labute approximate surface area is 187 Å². The van der Waals surface area contributed by atoms with E-state index in [4.69, 9.17) is 0 Å². The molecule has 4 heterocycles. The van der Waals surface area contributed by atoms with Crippen LogP contribution in [0.3, 0.4) is 0 Å². The third-order valence-corrected chi connectivity index (χ3v) is 6.20. The van der Waals surface area contributed by atoms with Gasteiger partial charge in [0.15, 0.2) is 0 Å². The van der Waals surface area contributed by atoms with Gasteiger partial charge in [-0.2, -0.15) is 0 Å². The van der Waals surface area contributed by atoms with Crippen LogP contribution in [0.25, 0.3) is 0 Å². The Balaban J connectivity index is 1.34. The summed E-state index contributed by atoms with van der Waals surface area (Å²) in [5.74, 6) is 0.874. The molecule has 7 heteroatoms. The molecule has 0 saturated carbocycles. The second kappa shape index (κ2) is 8.42. The van der Waals surface area contributed by atoms with Crippen molar-refractivity contribution in [2.75, 3.05) is 36.0 Å². The summed E-state index contributed by atoms with van der Waals surface area (Å²) >= 11 is 0. The lowest BCUT2D eigenvalue weighted by Crippen LogP contribution is -2.49. The largest absolute Gasteiger partial charge is 0.353 e. The van der Waals surface area contributed by atoms with Crippen molar-refractivity contribution < 1.29 is 9.59 Å². The predicted octanol–water partition coefficient (Wildman–Crippen LogP) is 3.23. The number of rotatable bonds is 4. The molecule has 32 heavy (non-hydrogen) atoms. The van der Waals surface area contributed by atoms with Gasteiger partial charge in [-0.15, -0.1) is 0 Å². The molecular weight excluding hydrogens is 402 g/mol. The molecule has 0 unspecified atom stereocenters. The molecule has 0 N–H and O–H groups in total. The summed E-state index contributed by atoms with van der Waals surface area (Å²) in [6.45, 7) is 4.76. The van der Waals surface area contributed by atoms with E-state index >= 15 is 0 Å². The van der Waals surface area contributed by atoms with E-state index in [2.05, 4.69) is 14.9 Å². The number of fused-ring (bicyclic) bond motifs is 1. The molecule has 0 bridgehead atoms.